The van der Waals surface area contributed by atoms with Crippen molar-refractivity contribution in [1.29, 1.82) is 0 Å². The molecule has 0 aromatic carbocycles. The van der Waals surface area contributed by atoms with Gasteiger partial charge in [-0.05, 0) is 0 Å². The Kier molecular flexibility index (Phi) is 16.3. The maximum absolute atomic E-state index is 11.5. The fourth-order valence-electron chi connectivity index (χ4n) is 2.31. The third-order valence-electron chi connectivity index (χ3n) is 3.53. The van der Waals surface area contributed by atoms with Crippen LogP contribution in [0.1, 0.15) is 20.8 Å². The van der Waals surface area contributed by atoms with Gasteiger partial charge >= 0.3 is 17.9 Å². The van der Waals surface area contributed by atoms with Crippen LogP contribution in [-0.2, 0) is 52.3 Å². The van der Waals surface area contributed by atoms with E-state index in [9.17, 15) is 24.3 Å². The second-order valence-corrected chi connectivity index (χ2v) is 6.22. The van der Waals surface area contributed by atoms with Crippen molar-refractivity contribution in [2.75, 3.05) is 53.4 Å². The van der Waals surface area contributed by atoms with Crippen molar-refractivity contribution in [3.8, 4) is 0 Å². The number of hydrogen-bond donors (Lipinski definition) is 1. The molecule has 12 nitrogen and oxygen atoms in total. The summed E-state index contributed by atoms with van der Waals surface area (Å²) in [5.74, 6) is -2.48. The van der Waals surface area contributed by atoms with Gasteiger partial charge in [-0.2, -0.15) is 0 Å². The second kappa shape index (κ2) is 17.5. The second-order valence-electron chi connectivity index (χ2n) is 6.22. The number of methoxy groups -OCH3 is 1. The zero-order chi connectivity index (χ0) is 23.6. The first-order valence-corrected chi connectivity index (χ1v) is 9.60. The van der Waals surface area contributed by atoms with E-state index in [-0.39, 0.29) is 26.1 Å². The van der Waals surface area contributed by atoms with Crippen molar-refractivity contribution in [2.24, 2.45) is 0 Å². The van der Waals surface area contributed by atoms with Crippen LogP contribution in [0.5, 0.6) is 0 Å². The van der Waals surface area contributed by atoms with Crippen LogP contribution in [0, 0.1) is 0 Å². The summed E-state index contributed by atoms with van der Waals surface area (Å²) in [7, 11) is 1.57. The molecule has 0 saturated carbocycles. The fourth-order valence-corrected chi connectivity index (χ4v) is 2.31. The molecule has 0 amide bonds. The van der Waals surface area contributed by atoms with Crippen LogP contribution < -0.4 is 0 Å². The lowest BCUT2D eigenvalue weighted by Gasteiger charge is -2.32. The molecule has 0 aliphatic carbocycles. The van der Waals surface area contributed by atoms with E-state index in [1.807, 2.05) is 0 Å². The summed E-state index contributed by atoms with van der Waals surface area (Å²) in [4.78, 5) is 45.5. The molecule has 0 saturated heterocycles. The number of hydrogen-bond acceptors (Lipinski definition) is 12. The van der Waals surface area contributed by atoms with Crippen LogP contribution in [0.3, 0.4) is 0 Å². The molecule has 0 aromatic rings. The minimum absolute atomic E-state index is 0.0984. The molecule has 0 unspecified atom stereocenters. The van der Waals surface area contributed by atoms with Crippen LogP contribution in [0.15, 0.2) is 0 Å². The molecule has 31 heavy (non-hydrogen) atoms. The topological polar surface area (TPSA) is 153 Å². The van der Waals surface area contributed by atoms with Gasteiger partial charge in [0.25, 0.3) is 0 Å². The fraction of sp³-hybridized carbons (Fsp3) is 0.789. The first kappa shape index (κ1) is 28.9. The average Bonchev–Trinajstić information content (AvgIpc) is 2.69. The predicted molar refractivity (Wildman–Crippen MR) is 103 cm³/mol. The van der Waals surface area contributed by atoms with E-state index in [0.717, 1.165) is 20.8 Å². The molecule has 0 rings (SSSR count). The molecular formula is C19H32O12. The largest absolute Gasteiger partial charge is 0.456 e. The molecular weight excluding hydrogens is 420 g/mol. The molecule has 4 atom stereocenters. The molecule has 0 aromatic heterocycles. The lowest BCUT2D eigenvalue weighted by atomic mass is 10.0. The number of rotatable bonds is 18. The van der Waals surface area contributed by atoms with Gasteiger partial charge in [-0.25, -0.2) is 0 Å². The Hall–Kier alpha value is -2.12. The lowest BCUT2D eigenvalue weighted by Crippen LogP contribution is -2.52. The van der Waals surface area contributed by atoms with Gasteiger partial charge in [-0.1, -0.05) is 0 Å². The van der Waals surface area contributed by atoms with E-state index in [1.54, 1.807) is 7.11 Å². The zero-order valence-electron chi connectivity index (χ0n) is 18.3. The van der Waals surface area contributed by atoms with E-state index in [0.29, 0.717) is 26.4 Å². The highest BCUT2D eigenvalue weighted by atomic mass is 16.6. The Bertz CT molecular complexity index is 538. The third-order valence-corrected chi connectivity index (χ3v) is 3.53. The number of aldehydes is 1. The number of carbonyl (C=O) groups is 4. The van der Waals surface area contributed by atoms with Gasteiger partial charge in [0.2, 0.25) is 0 Å². The van der Waals surface area contributed by atoms with Crippen LogP contribution >= 0.6 is 0 Å². The Morgan fingerprint density at radius 1 is 0.742 bits per heavy atom. The summed E-state index contributed by atoms with van der Waals surface area (Å²) < 4.78 is 35.5. The number of esters is 3. The molecule has 0 bridgehead atoms. The molecule has 0 aliphatic rings. The molecule has 180 valence electrons. The smallest absolute Gasteiger partial charge is 0.303 e. The van der Waals surface area contributed by atoms with Gasteiger partial charge in [-0.15, -0.1) is 0 Å². The third kappa shape index (κ3) is 14.5. The van der Waals surface area contributed by atoms with Crippen LogP contribution in [0.25, 0.3) is 0 Å². The van der Waals surface area contributed by atoms with Gasteiger partial charge in [-0.3, -0.25) is 19.2 Å². The Labute approximate surface area is 181 Å². The van der Waals surface area contributed by atoms with Crippen molar-refractivity contribution < 1.29 is 57.4 Å². The molecule has 1 N–H and O–H groups in total. The van der Waals surface area contributed by atoms with Crippen LogP contribution in [0.4, 0.5) is 0 Å². The highest BCUT2D eigenvalue weighted by Gasteiger charge is 2.41. The molecule has 12 heteroatoms. The minimum atomic E-state index is -1.60. The number of aliphatic hydroxyl groups excluding tert-OH is 1. The molecule has 0 fully saturated rings. The molecule has 0 heterocycles. The van der Waals surface area contributed by atoms with Crippen molar-refractivity contribution in [3.63, 3.8) is 0 Å². The summed E-state index contributed by atoms with van der Waals surface area (Å²) in [6, 6.07) is 0. The highest BCUT2D eigenvalue weighted by molar-refractivity contribution is 5.72. The normalized spacial score (nSPS) is 14.7. The van der Waals surface area contributed by atoms with Crippen molar-refractivity contribution in [1.82, 2.24) is 0 Å². The quantitative estimate of drug-likeness (QED) is 0.118. The molecule has 0 spiro atoms. The maximum Gasteiger partial charge on any atom is 0.303 e. The summed E-state index contributed by atoms with van der Waals surface area (Å²) >= 11 is 0. The molecule has 0 radical (unpaired) electrons. The minimum Gasteiger partial charge on any atom is -0.456 e. The first-order valence-electron chi connectivity index (χ1n) is 9.60. The van der Waals surface area contributed by atoms with E-state index in [2.05, 4.69) is 0 Å². The standard InChI is InChI=1S/C19H32O12/c1-13(21)29-17(11-20)19(31-15(3)23)18(30-14(2)22)16(24)12-28-10-9-27-8-7-26-6-5-25-4/h11,16-19,24H,5-10,12H2,1-4H3/t16-,17+,18+,19-/m1/s1. The van der Waals surface area contributed by atoms with E-state index in [1.165, 1.54) is 0 Å². The van der Waals surface area contributed by atoms with Crippen molar-refractivity contribution in [2.45, 2.75) is 45.2 Å². The van der Waals surface area contributed by atoms with E-state index in [4.69, 9.17) is 33.2 Å². The lowest BCUT2D eigenvalue weighted by molar-refractivity contribution is -0.194. The van der Waals surface area contributed by atoms with Gasteiger partial charge in [0.1, 0.15) is 6.10 Å². The van der Waals surface area contributed by atoms with Crippen LogP contribution in [0.2, 0.25) is 0 Å². The Balaban J connectivity index is 4.75. The summed E-state index contributed by atoms with van der Waals surface area (Å²) in [5.41, 5.74) is 0. The van der Waals surface area contributed by atoms with Gasteiger partial charge in [0.15, 0.2) is 24.6 Å². The average molecular weight is 452 g/mol. The SMILES string of the molecule is COCCOCCOCCOC[C@@H](O)[C@H](OC(C)=O)[C@H](OC(C)=O)[C@H](C=O)OC(C)=O. The van der Waals surface area contributed by atoms with Gasteiger partial charge < -0.3 is 38.3 Å². The summed E-state index contributed by atoms with van der Waals surface area (Å²) in [5, 5.41) is 10.4. The zero-order valence-corrected chi connectivity index (χ0v) is 18.3. The number of ether oxygens (including phenoxy) is 7. The Morgan fingerprint density at radius 2 is 1.19 bits per heavy atom. The van der Waals surface area contributed by atoms with Crippen molar-refractivity contribution in [3.05, 3.63) is 0 Å². The van der Waals surface area contributed by atoms with E-state index < -0.39 is 42.3 Å². The van der Waals surface area contributed by atoms with Crippen LogP contribution in [-0.4, -0.2) is 107 Å². The number of carbonyl (C=O) groups excluding carboxylic acids is 4. The predicted octanol–water partition coefficient (Wildman–Crippen LogP) is -0.962. The van der Waals surface area contributed by atoms with Gasteiger partial charge in [0.05, 0.1) is 46.2 Å². The highest BCUT2D eigenvalue weighted by Crippen LogP contribution is 2.17. The summed E-state index contributed by atoms with van der Waals surface area (Å²) in [6.07, 6.45) is -5.97. The monoisotopic (exact) mass is 452 g/mol. The maximum atomic E-state index is 11.5. The van der Waals surface area contributed by atoms with Gasteiger partial charge in [0, 0.05) is 27.9 Å². The first-order chi connectivity index (χ1) is 14.7. The number of aliphatic hydroxyl groups is 1. The van der Waals surface area contributed by atoms with Crippen molar-refractivity contribution >= 4 is 24.2 Å². The molecule has 0 aliphatic heterocycles. The Morgan fingerprint density at radius 3 is 1.65 bits per heavy atom. The van der Waals surface area contributed by atoms with E-state index >= 15 is 0 Å². The summed E-state index contributed by atoms with van der Waals surface area (Å²) in [6.45, 7) is 4.79.